The molecule has 0 radical (unpaired) electrons. The van der Waals surface area contributed by atoms with Crippen LogP contribution in [-0.4, -0.2) is 34.3 Å². The van der Waals surface area contributed by atoms with Crippen LogP contribution in [0.15, 0.2) is 42.5 Å². The van der Waals surface area contributed by atoms with Crippen molar-refractivity contribution in [1.29, 1.82) is 0 Å². The Kier molecular flexibility index (Phi) is 5.58. The van der Waals surface area contributed by atoms with Gasteiger partial charge in [-0.05, 0) is 61.4 Å². The van der Waals surface area contributed by atoms with Gasteiger partial charge in [0.1, 0.15) is 0 Å². The van der Waals surface area contributed by atoms with Crippen molar-refractivity contribution in [2.24, 2.45) is 0 Å². The zero-order valence-corrected chi connectivity index (χ0v) is 17.4. The van der Waals surface area contributed by atoms with E-state index in [1.807, 2.05) is 44.2 Å². The molecule has 0 saturated carbocycles. The highest BCUT2D eigenvalue weighted by Gasteiger charge is 2.25. The summed E-state index contributed by atoms with van der Waals surface area (Å²) in [5.74, 6) is 0.425. The molecule has 4 rings (SSSR count). The number of fused-ring (bicyclic) bond motifs is 3. The highest BCUT2D eigenvalue weighted by molar-refractivity contribution is 6.31. The normalized spacial score (nSPS) is 12.2. The van der Waals surface area contributed by atoms with Gasteiger partial charge in [-0.1, -0.05) is 48.0 Å². The van der Waals surface area contributed by atoms with Gasteiger partial charge in [-0.25, -0.2) is 9.89 Å². The first-order chi connectivity index (χ1) is 14.1. The van der Waals surface area contributed by atoms with Crippen LogP contribution in [0.25, 0.3) is 11.1 Å². The van der Waals surface area contributed by atoms with E-state index in [2.05, 4.69) is 22.3 Å². The van der Waals surface area contributed by atoms with Crippen LogP contribution in [-0.2, 0) is 19.3 Å². The lowest BCUT2D eigenvalue weighted by Crippen LogP contribution is -2.35. The summed E-state index contributed by atoms with van der Waals surface area (Å²) in [6, 6.07) is 14.2. The van der Waals surface area contributed by atoms with Gasteiger partial charge in [0.15, 0.2) is 0 Å². The molecule has 0 aliphatic heterocycles. The van der Waals surface area contributed by atoms with Gasteiger partial charge >= 0.3 is 6.09 Å². The number of ether oxygens (including phenoxy) is 1. The molecular formula is C23H24ClN3O2. The molecule has 5 nitrogen and oxygen atoms in total. The number of hydrogen-bond acceptors (Lipinski definition) is 3. The topological polar surface area (TPSA) is 58.2 Å². The molecular weight excluding hydrogens is 386 g/mol. The molecule has 1 aliphatic rings. The van der Waals surface area contributed by atoms with Crippen molar-refractivity contribution in [3.63, 3.8) is 0 Å². The first-order valence-electron chi connectivity index (χ1n) is 9.94. The summed E-state index contributed by atoms with van der Waals surface area (Å²) >= 11 is 6.21. The minimum atomic E-state index is -0.375. The van der Waals surface area contributed by atoms with E-state index >= 15 is 0 Å². The fourth-order valence-electron chi connectivity index (χ4n) is 3.72. The van der Waals surface area contributed by atoms with Gasteiger partial charge < -0.3 is 9.64 Å². The van der Waals surface area contributed by atoms with Gasteiger partial charge in [-0.3, -0.25) is 0 Å². The summed E-state index contributed by atoms with van der Waals surface area (Å²) in [5, 5.41) is 8.03. The van der Waals surface area contributed by atoms with Crippen LogP contribution in [0.1, 0.15) is 29.3 Å². The Balaban J connectivity index is 1.48. The lowest BCUT2D eigenvalue weighted by Gasteiger charge is -2.21. The minimum Gasteiger partial charge on any atom is -0.391 e. The smallest absolute Gasteiger partial charge is 0.391 e. The molecule has 0 fully saturated rings. The Bertz CT molecular complexity index is 1040. The summed E-state index contributed by atoms with van der Waals surface area (Å²) in [7, 11) is 0. The van der Waals surface area contributed by atoms with Gasteiger partial charge in [0.2, 0.25) is 5.88 Å². The summed E-state index contributed by atoms with van der Waals surface area (Å²) in [6.07, 6.45) is 2.13. The molecule has 3 aromatic rings. The Morgan fingerprint density at radius 2 is 2.07 bits per heavy atom. The third-order valence-electron chi connectivity index (χ3n) is 5.46. The number of aromatic amines is 1. The SMILES string of the molecule is CCN(CCc1ccc(C)c(Cl)c1)C(=O)Oc1[nH]nc2c1-c1ccccc1CC2. The molecule has 0 saturated heterocycles. The molecule has 1 aliphatic carbocycles. The lowest BCUT2D eigenvalue weighted by molar-refractivity contribution is 0.153. The first-order valence-corrected chi connectivity index (χ1v) is 10.3. The van der Waals surface area contributed by atoms with E-state index in [1.54, 1.807) is 4.90 Å². The maximum atomic E-state index is 12.8. The van der Waals surface area contributed by atoms with Crippen molar-refractivity contribution >= 4 is 17.7 Å². The van der Waals surface area contributed by atoms with E-state index in [-0.39, 0.29) is 6.09 Å². The molecule has 1 amide bonds. The van der Waals surface area contributed by atoms with Gasteiger partial charge in [-0.2, -0.15) is 5.10 Å². The van der Waals surface area contributed by atoms with Gasteiger partial charge in [0.25, 0.3) is 0 Å². The number of benzene rings is 2. The quantitative estimate of drug-likeness (QED) is 0.630. The third kappa shape index (κ3) is 4.01. The zero-order chi connectivity index (χ0) is 20.4. The summed E-state index contributed by atoms with van der Waals surface area (Å²) in [4.78, 5) is 14.5. The van der Waals surface area contributed by atoms with E-state index in [0.717, 1.165) is 45.8 Å². The highest BCUT2D eigenvalue weighted by atomic mass is 35.5. The van der Waals surface area contributed by atoms with E-state index in [0.29, 0.717) is 25.4 Å². The Labute approximate surface area is 175 Å². The Morgan fingerprint density at radius 1 is 1.24 bits per heavy atom. The van der Waals surface area contributed by atoms with Crippen molar-refractivity contribution in [2.75, 3.05) is 13.1 Å². The van der Waals surface area contributed by atoms with Gasteiger partial charge in [0, 0.05) is 18.1 Å². The number of aryl methyl sites for hydroxylation is 3. The number of halogens is 1. The van der Waals surface area contributed by atoms with E-state index in [9.17, 15) is 4.79 Å². The van der Waals surface area contributed by atoms with Crippen LogP contribution in [0.5, 0.6) is 5.88 Å². The number of rotatable bonds is 5. The molecule has 0 atom stereocenters. The van der Waals surface area contributed by atoms with Crippen LogP contribution in [0.2, 0.25) is 5.02 Å². The minimum absolute atomic E-state index is 0.375. The molecule has 6 heteroatoms. The van der Waals surface area contributed by atoms with Crippen LogP contribution in [0.3, 0.4) is 0 Å². The number of carbonyl (C=O) groups is 1. The first kappa shape index (κ1) is 19.5. The molecule has 1 N–H and O–H groups in total. The van der Waals surface area contributed by atoms with Crippen LogP contribution in [0.4, 0.5) is 4.79 Å². The van der Waals surface area contributed by atoms with Gasteiger partial charge in [0.05, 0.1) is 11.3 Å². The fourth-order valence-corrected chi connectivity index (χ4v) is 3.92. The molecule has 0 spiro atoms. The number of hydrogen-bond donors (Lipinski definition) is 1. The van der Waals surface area contributed by atoms with Crippen molar-refractivity contribution in [3.8, 4) is 17.0 Å². The maximum absolute atomic E-state index is 12.8. The number of amides is 1. The molecule has 0 unspecified atom stereocenters. The lowest BCUT2D eigenvalue weighted by atomic mass is 9.90. The molecule has 2 aromatic carbocycles. The number of aromatic nitrogens is 2. The fraction of sp³-hybridized carbons (Fsp3) is 0.304. The molecule has 0 bridgehead atoms. The second kappa shape index (κ2) is 8.29. The van der Waals surface area contributed by atoms with Gasteiger partial charge in [-0.15, -0.1) is 0 Å². The summed E-state index contributed by atoms with van der Waals surface area (Å²) in [6.45, 7) is 5.04. The van der Waals surface area contributed by atoms with Crippen LogP contribution < -0.4 is 4.74 Å². The predicted octanol–water partition coefficient (Wildman–Crippen LogP) is 5.20. The van der Waals surface area contributed by atoms with Crippen molar-refractivity contribution in [2.45, 2.75) is 33.1 Å². The Hall–Kier alpha value is -2.79. The van der Waals surface area contributed by atoms with Crippen molar-refractivity contribution in [1.82, 2.24) is 15.1 Å². The average Bonchev–Trinajstić information content (AvgIpc) is 3.14. The monoisotopic (exact) mass is 409 g/mol. The predicted molar refractivity (Wildman–Crippen MR) is 115 cm³/mol. The van der Waals surface area contributed by atoms with E-state index < -0.39 is 0 Å². The molecule has 1 heterocycles. The van der Waals surface area contributed by atoms with Crippen molar-refractivity contribution < 1.29 is 9.53 Å². The van der Waals surface area contributed by atoms with E-state index in [4.69, 9.17) is 16.3 Å². The summed E-state index contributed by atoms with van der Waals surface area (Å²) in [5.41, 5.74) is 6.33. The Morgan fingerprint density at radius 3 is 2.86 bits per heavy atom. The zero-order valence-electron chi connectivity index (χ0n) is 16.7. The number of nitrogens with zero attached hydrogens (tertiary/aromatic N) is 2. The van der Waals surface area contributed by atoms with Crippen LogP contribution >= 0.6 is 11.6 Å². The molecule has 1 aromatic heterocycles. The second-order valence-electron chi connectivity index (χ2n) is 7.31. The number of carbonyl (C=O) groups excluding carboxylic acids is 1. The highest BCUT2D eigenvalue weighted by Crippen LogP contribution is 2.38. The second-order valence-corrected chi connectivity index (χ2v) is 7.72. The third-order valence-corrected chi connectivity index (χ3v) is 5.87. The van der Waals surface area contributed by atoms with E-state index in [1.165, 1.54) is 5.56 Å². The summed E-state index contributed by atoms with van der Waals surface area (Å²) < 4.78 is 5.74. The van der Waals surface area contributed by atoms with Crippen LogP contribution in [0, 0.1) is 6.92 Å². The maximum Gasteiger partial charge on any atom is 0.416 e. The molecule has 29 heavy (non-hydrogen) atoms. The standard InChI is InChI=1S/C23H24ClN3O2/c1-3-27(13-12-16-9-8-15(2)19(24)14-16)23(28)29-22-21-18-7-5-4-6-17(18)10-11-20(21)25-26-22/h4-9,14H,3,10-13H2,1-2H3,(H,25,26). The number of likely N-dealkylation sites (N-methyl/N-ethyl adjacent to an activating group) is 1. The molecule has 150 valence electrons. The largest absolute Gasteiger partial charge is 0.416 e. The average molecular weight is 410 g/mol. The van der Waals surface area contributed by atoms with Crippen molar-refractivity contribution in [3.05, 3.63) is 69.9 Å². The number of nitrogens with one attached hydrogen (secondary N) is 1. The number of H-pyrrole nitrogens is 1.